The van der Waals surface area contributed by atoms with E-state index in [1.807, 2.05) is 0 Å². The molecule has 0 aliphatic carbocycles. The summed E-state index contributed by atoms with van der Waals surface area (Å²) >= 11 is 5.70. The summed E-state index contributed by atoms with van der Waals surface area (Å²) < 4.78 is 53.3. The third kappa shape index (κ3) is 3.13. The molecule has 3 nitrogen and oxygen atoms in total. The van der Waals surface area contributed by atoms with Crippen LogP contribution in [0.3, 0.4) is 0 Å². The number of halogens is 3. The average molecular weight is 324 g/mol. The van der Waals surface area contributed by atoms with E-state index in [2.05, 4.69) is 0 Å². The van der Waals surface area contributed by atoms with E-state index < -0.39 is 26.6 Å². The van der Waals surface area contributed by atoms with E-state index in [1.165, 1.54) is 4.31 Å². The molecule has 0 aromatic heterocycles. The largest absolute Gasteiger partial charge is 0.246 e. The molecule has 1 aliphatic rings. The molecule has 1 heterocycles. The van der Waals surface area contributed by atoms with E-state index in [4.69, 9.17) is 11.6 Å². The highest BCUT2D eigenvalue weighted by atomic mass is 35.5. The van der Waals surface area contributed by atoms with E-state index in [9.17, 15) is 17.2 Å². The number of alkyl halides is 1. The Morgan fingerprint density at radius 3 is 2.75 bits per heavy atom. The molecule has 1 atom stereocenters. The van der Waals surface area contributed by atoms with Gasteiger partial charge in [0.1, 0.15) is 16.5 Å². The molecule has 0 spiro atoms. The van der Waals surface area contributed by atoms with Crippen molar-refractivity contribution in [2.75, 3.05) is 12.4 Å². The van der Waals surface area contributed by atoms with Gasteiger partial charge in [-0.1, -0.05) is 6.42 Å². The zero-order valence-electron chi connectivity index (χ0n) is 10.9. The predicted octanol–water partition coefficient (Wildman–Crippen LogP) is 3.14. The maximum Gasteiger partial charge on any atom is 0.246 e. The molecular weight excluding hydrogens is 308 g/mol. The molecule has 1 fully saturated rings. The number of rotatable bonds is 4. The van der Waals surface area contributed by atoms with Gasteiger partial charge in [0.2, 0.25) is 10.0 Å². The molecule has 0 saturated carbocycles. The molecule has 0 N–H and O–H groups in total. The fraction of sp³-hybridized carbons (Fsp3) is 0.538. The van der Waals surface area contributed by atoms with Gasteiger partial charge in [-0.15, -0.1) is 11.6 Å². The minimum atomic E-state index is -4.03. The molecule has 20 heavy (non-hydrogen) atoms. The van der Waals surface area contributed by atoms with Crippen LogP contribution >= 0.6 is 11.6 Å². The van der Waals surface area contributed by atoms with Crippen LogP contribution < -0.4 is 0 Å². The summed E-state index contributed by atoms with van der Waals surface area (Å²) in [6.07, 6.45) is 2.84. The van der Waals surface area contributed by atoms with Crippen LogP contribution in [0.5, 0.6) is 0 Å². The average Bonchev–Trinajstić information content (AvgIpc) is 2.42. The van der Waals surface area contributed by atoms with Crippen LogP contribution in [0.1, 0.15) is 25.7 Å². The van der Waals surface area contributed by atoms with Gasteiger partial charge in [-0.05, 0) is 37.5 Å². The maximum atomic E-state index is 13.7. The van der Waals surface area contributed by atoms with Gasteiger partial charge in [0.05, 0.1) is 0 Å². The van der Waals surface area contributed by atoms with Gasteiger partial charge in [0, 0.05) is 18.5 Å². The highest BCUT2D eigenvalue weighted by Gasteiger charge is 2.34. The van der Waals surface area contributed by atoms with Crippen LogP contribution in [0.15, 0.2) is 23.1 Å². The smallest absolute Gasteiger partial charge is 0.207 e. The zero-order chi connectivity index (χ0) is 14.8. The zero-order valence-corrected chi connectivity index (χ0v) is 12.4. The second kappa shape index (κ2) is 6.37. The Balaban J connectivity index is 2.39. The van der Waals surface area contributed by atoms with Crippen molar-refractivity contribution in [3.63, 3.8) is 0 Å². The van der Waals surface area contributed by atoms with Crippen molar-refractivity contribution >= 4 is 21.6 Å². The topological polar surface area (TPSA) is 37.4 Å². The predicted molar refractivity (Wildman–Crippen MR) is 73.2 cm³/mol. The van der Waals surface area contributed by atoms with Gasteiger partial charge < -0.3 is 0 Å². The molecule has 1 aromatic rings. The second-order valence-electron chi connectivity index (χ2n) is 4.82. The third-order valence-electron chi connectivity index (χ3n) is 3.50. The SMILES string of the molecule is O=S(=O)(c1cc(F)ccc1F)N1CCCCC1CCCl. The fourth-order valence-corrected chi connectivity index (χ4v) is 4.56. The first-order chi connectivity index (χ1) is 9.46. The van der Waals surface area contributed by atoms with Crippen LogP contribution in [0, 0.1) is 11.6 Å². The van der Waals surface area contributed by atoms with Crippen molar-refractivity contribution < 1.29 is 17.2 Å². The summed E-state index contributed by atoms with van der Waals surface area (Å²) in [5.41, 5.74) is 0. The fourth-order valence-electron chi connectivity index (χ4n) is 2.51. The number of hydrogen-bond acceptors (Lipinski definition) is 2. The summed E-state index contributed by atoms with van der Waals surface area (Å²) in [4.78, 5) is -0.598. The monoisotopic (exact) mass is 323 g/mol. The normalized spacial score (nSPS) is 21.1. The number of nitrogens with zero attached hydrogens (tertiary/aromatic N) is 1. The molecule has 112 valence electrons. The van der Waals surface area contributed by atoms with Crippen molar-refractivity contribution in [2.45, 2.75) is 36.6 Å². The van der Waals surface area contributed by atoms with E-state index in [0.717, 1.165) is 31.0 Å². The maximum absolute atomic E-state index is 13.7. The van der Waals surface area contributed by atoms with E-state index in [-0.39, 0.29) is 6.04 Å². The number of benzene rings is 1. The van der Waals surface area contributed by atoms with E-state index in [1.54, 1.807) is 0 Å². The van der Waals surface area contributed by atoms with E-state index >= 15 is 0 Å². The molecule has 0 bridgehead atoms. The Bertz CT molecular complexity index is 578. The first-order valence-electron chi connectivity index (χ1n) is 6.49. The first kappa shape index (κ1) is 15.7. The standard InChI is InChI=1S/C13H16ClF2NO2S/c14-7-6-11-3-1-2-8-17(11)20(18,19)13-9-10(15)4-5-12(13)16/h4-5,9,11H,1-3,6-8H2. The molecule has 1 unspecified atom stereocenters. The van der Waals surface area contributed by atoms with Crippen molar-refractivity contribution in [1.82, 2.24) is 4.31 Å². The lowest BCUT2D eigenvalue weighted by molar-refractivity contribution is 0.246. The van der Waals surface area contributed by atoms with E-state index in [0.29, 0.717) is 25.3 Å². The minimum Gasteiger partial charge on any atom is -0.207 e. The van der Waals surface area contributed by atoms with Crippen LogP contribution in [0.25, 0.3) is 0 Å². The lowest BCUT2D eigenvalue weighted by Crippen LogP contribution is -2.44. The van der Waals surface area contributed by atoms with Gasteiger partial charge in [-0.25, -0.2) is 17.2 Å². The molecule has 0 amide bonds. The molecule has 7 heteroatoms. The first-order valence-corrected chi connectivity index (χ1v) is 8.47. The van der Waals surface area contributed by atoms with Gasteiger partial charge in [0.25, 0.3) is 0 Å². The molecule has 0 radical (unpaired) electrons. The van der Waals surface area contributed by atoms with Gasteiger partial charge in [-0.3, -0.25) is 0 Å². The summed E-state index contributed by atoms with van der Waals surface area (Å²) in [7, 11) is -4.03. The molecule has 1 aliphatic heterocycles. The van der Waals surface area contributed by atoms with Crippen molar-refractivity contribution in [1.29, 1.82) is 0 Å². The quantitative estimate of drug-likeness (QED) is 0.798. The van der Waals surface area contributed by atoms with Crippen LogP contribution in [-0.2, 0) is 10.0 Å². The van der Waals surface area contributed by atoms with Crippen molar-refractivity contribution in [3.8, 4) is 0 Å². The Kier molecular flexibility index (Phi) is 4.99. The molecule has 1 aromatic carbocycles. The van der Waals surface area contributed by atoms with Crippen molar-refractivity contribution in [3.05, 3.63) is 29.8 Å². The number of piperidine rings is 1. The van der Waals surface area contributed by atoms with Crippen LogP contribution in [0.2, 0.25) is 0 Å². The van der Waals surface area contributed by atoms with Gasteiger partial charge in [-0.2, -0.15) is 4.31 Å². The Labute approximate surface area is 122 Å². The lowest BCUT2D eigenvalue weighted by atomic mass is 10.0. The summed E-state index contributed by atoms with van der Waals surface area (Å²) in [5, 5.41) is 0. The number of sulfonamides is 1. The molecular formula is C13H16ClF2NO2S. The lowest BCUT2D eigenvalue weighted by Gasteiger charge is -2.34. The molecule has 2 rings (SSSR count). The summed E-state index contributed by atoms with van der Waals surface area (Å²) in [5.74, 6) is -1.36. The van der Waals surface area contributed by atoms with Crippen LogP contribution in [0.4, 0.5) is 8.78 Å². The Morgan fingerprint density at radius 2 is 2.05 bits per heavy atom. The highest BCUT2D eigenvalue weighted by molar-refractivity contribution is 7.89. The minimum absolute atomic E-state index is 0.242. The Morgan fingerprint density at radius 1 is 1.30 bits per heavy atom. The van der Waals surface area contributed by atoms with Crippen molar-refractivity contribution in [2.24, 2.45) is 0 Å². The number of hydrogen-bond donors (Lipinski definition) is 0. The summed E-state index contributed by atoms with van der Waals surface area (Å²) in [6.45, 7) is 0.319. The van der Waals surface area contributed by atoms with Crippen LogP contribution in [-0.4, -0.2) is 31.2 Å². The summed E-state index contributed by atoms with van der Waals surface area (Å²) in [6, 6.07) is 2.23. The van der Waals surface area contributed by atoms with Gasteiger partial charge in [0.15, 0.2) is 0 Å². The third-order valence-corrected chi connectivity index (χ3v) is 5.68. The second-order valence-corrected chi connectivity index (χ2v) is 7.05. The highest BCUT2D eigenvalue weighted by Crippen LogP contribution is 2.28. The Hall–Kier alpha value is -0.720. The molecule has 1 saturated heterocycles. The van der Waals surface area contributed by atoms with Gasteiger partial charge >= 0.3 is 0 Å².